The fraction of sp³-hybridized carbons (Fsp3) is 0.588. The maximum absolute atomic E-state index is 11.1. The van der Waals surface area contributed by atoms with Crippen molar-refractivity contribution in [1.82, 2.24) is 0 Å². The molecule has 0 bridgehead atoms. The van der Waals surface area contributed by atoms with Gasteiger partial charge in [-0.15, -0.1) is 0 Å². The second kappa shape index (κ2) is 6.78. The summed E-state index contributed by atoms with van der Waals surface area (Å²) < 4.78 is 11.0. The monoisotopic (exact) mass is 278 g/mol. The molecule has 3 nitrogen and oxygen atoms in total. The third kappa shape index (κ3) is 6.09. The molecule has 0 aliphatic carbocycles. The molecule has 0 saturated heterocycles. The fourth-order valence-electron chi connectivity index (χ4n) is 1.88. The molecule has 0 aliphatic rings. The maximum atomic E-state index is 11.1. The number of esters is 1. The average molecular weight is 278 g/mol. The van der Waals surface area contributed by atoms with Gasteiger partial charge in [0.05, 0.1) is 6.61 Å². The Balaban J connectivity index is 2.97. The van der Waals surface area contributed by atoms with Gasteiger partial charge in [0.2, 0.25) is 0 Å². The van der Waals surface area contributed by atoms with Crippen LogP contribution in [0.25, 0.3) is 0 Å². The molecular formula is C17H26O3. The molecule has 0 amide bonds. The summed E-state index contributed by atoms with van der Waals surface area (Å²) in [5, 5.41) is 0. The Hall–Kier alpha value is -1.51. The van der Waals surface area contributed by atoms with Crippen molar-refractivity contribution >= 4 is 5.97 Å². The van der Waals surface area contributed by atoms with Gasteiger partial charge in [-0.25, -0.2) is 0 Å². The molecule has 20 heavy (non-hydrogen) atoms. The lowest BCUT2D eigenvalue weighted by Crippen LogP contribution is -2.11. The summed E-state index contributed by atoms with van der Waals surface area (Å²) in [4.78, 5) is 11.1. The molecule has 1 aromatic rings. The van der Waals surface area contributed by atoms with Crippen molar-refractivity contribution in [2.24, 2.45) is 11.3 Å². The van der Waals surface area contributed by atoms with E-state index in [9.17, 15) is 4.79 Å². The highest BCUT2D eigenvalue weighted by Crippen LogP contribution is 2.31. The average Bonchev–Trinajstić information content (AvgIpc) is 2.26. The Bertz CT molecular complexity index is 456. The van der Waals surface area contributed by atoms with Gasteiger partial charge < -0.3 is 9.47 Å². The number of benzene rings is 1. The molecular weight excluding hydrogens is 252 g/mol. The standard InChI is InChI=1S/C17H26O3/c1-12(2)11-19-16-9-14(10-17(4,5)6)7-8-15(16)20-13(3)18/h7-9,12H,10-11H2,1-6H3. The van der Waals surface area contributed by atoms with Gasteiger partial charge in [0.15, 0.2) is 11.5 Å². The molecule has 3 heteroatoms. The molecule has 0 aromatic heterocycles. The first-order valence-electron chi connectivity index (χ1n) is 7.11. The first kappa shape index (κ1) is 16.5. The summed E-state index contributed by atoms with van der Waals surface area (Å²) in [5.41, 5.74) is 1.39. The number of carbonyl (C=O) groups excluding carboxylic acids is 1. The molecule has 0 heterocycles. The zero-order valence-corrected chi connectivity index (χ0v) is 13.4. The summed E-state index contributed by atoms with van der Waals surface area (Å²) >= 11 is 0. The second-order valence-electron chi connectivity index (χ2n) is 6.82. The number of ether oxygens (including phenoxy) is 2. The van der Waals surface area contributed by atoms with Crippen molar-refractivity contribution in [3.05, 3.63) is 23.8 Å². The van der Waals surface area contributed by atoms with E-state index >= 15 is 0 Å². The van der Waals surface area contributed by atoms with Crippen LogP contribution in [0.2, 0.25) is 0 Å². The van der Waals surface area contributed by atoms with E-state index in [4.69, 9.17) is 9.47 Å². The predicted molar refractivity (Wildman–Crippen MR) is 81.2 cm³/mol. The smallest absolute Gasteiger partial charge is 0.308 e. The van der Waals surface area contributed by atoms with Crippen molar-refractivity contribution in [1.29, 1.82) is 0 Å². The highest BCUT2D eigenvalue weighted by Gasteiger charge is 2.15. The maximum Gasteiger partial charge on any atom is 0.308 e. The normalized spacial score (nSPS) is 11.6. The molecule has 0 aliphatic heterocycles. The first-order valence-corrected chi connectivity index (χ1v) is 7.11. The van der Waals surface area contributed by atoms with Gasteiger partial charge in [-0.1, -0.05) is 40.7 Å². The van der Waals surface area contributed by atoms with E-state index in [-0.39, 0.29) is 11.4 Å². The second-order valence-corrected chi connectivity index (χ2v) is 6.82. The SMILES string of the molecule is CC(=O)Oc1ccc(CC(C)(C)C)cc1OCC(C)C. The molecule has 0 radical (unpaired) electrons. The fourth-order valence-corrected chi connectivity index (χ4v) is 1.88. The molecule has 0 unspecified atom stereocenters. The minimum Gasteiger partial charge on any atom is -0.489 e. The minimum atomic E-state index is -0.331. The van der Waals surface area contributed by atoms with E-state index in [1.165, 1.54) is 12.5 Å². The highest BCUT2D eigenvalue weighted by molar-refractivity contribution is 5.70. The van der Waals surface area contributed by atoms with Crippen LogP contribution in [0.3, 0.4) is 0 Å². The van der Waals surface area contributed by atoms with Gasteiger partial charge >= 0.3 is 5.97 Å². The van der Waals surface area contributed by atoms with Crippen LogP contribution in [-0.4, -0.2) is 12.6 Å². The summed E-state index contributed by atoms with van der Waals surface area (Å²) in [6.07, 6.45) is 0.950. The van der Waals surface area contributed by atoms with Gasteiger partial charge in [0.1, 0.15) is 0 Å². The van der Waals surface area contributed by atoms with Crippen LogP contribution in [0.4, 0.5) is 0 Å². The van der Waals surface area contributed by atoms with E-state index in [1.54, 1.807) is 0 Å². The Kier molecular flexibility index (Phi) is 5.61. The van der Waals surface area contributed by atoms with Crippen molar-refractivity contribution in [2.45, 2.75) is 48.0 Å². The highest BCUT2D eigenvalue weighted by atomic mass is 16.6. The first-order chi connectivity index (χ1) is 9.17. The topological polar surface area (TPSA) is 35.5 Å². The third-order valence-electron chi connectivity index (χ3n) is 2.57. The van der Waals surface area contributed by atoms with Crippen LogP contribution in [0.15, 0.2) is 18.2 Å². The van der Waals surface area contributed by atoms with Gasteiger partial charge in [-0.05, 0) is 35.4 Å². The van der Waals surface area contributed by atoms with Gasteiger partial charge in [-0.2, -0.15) is 0 Å². The van der Waals surface area contributed by atoms with Crippen LogP contribution < -0.4 is 9.47 Å². The number of hydrogen-bond donors (Lipinski definition) is 0. The predicted octanol–water partition coefficient (Wildman–Crippen LogP) is 4.24. The van der Waals surface area contributed by atoms with Crippen molar-refractivity contribution in [3.63, 3.8) is 0 Å². The lowest BCUT2D eigenvalue weighted by molar-refractivity contribution is -0.132. The Morgan fingerprint density at radius 1 is 1.20 bits per heavy atom. The summed E-state index contributed by atoms with van der Waals surface area (Å²) in [7, 11) is 0. The summed E-state index contributed by atoms with van der Waals surface area (Å²) in [6, 6.07) is 5.79. The van der Waals surface area contributed by atoms with E-state index in [2.05, 4.69) is 34.6 Å². The van der Waals surface area contributed by atoms with Crippen LogP contribution in [-0.2, 0) is 11.2 Å². The molecule has 0 atom stereocenters. The van der Waals surface area contributed by atoms with Crippen LogP contribution in [0, 0.1) is 11.3 Å². The molecule has 112 valence electrons. The van der Waals surface area contributed by atoms with Crippen molar-refractivity contribution < 1.29 is 14.3 Å². The van der Waals surface area contributed by atoms with Gasteiger partial charge in [0, 0.05) is 6.92 Å². The lowest BCUT2D eigenvalue weighted by Gasteiger charge is -2.20. The Morgan fingerprint density at radius 2 is 1.85 bits per heavy atom. The Morgan fingerprint density at radius 3 is 2.35 bits per heavy atom. The number of hydrogen-bond acceptors (Lipinski definition) is 3. The van der Waals surface area contributed by atoms with Crippen LogP contribution in [0.5, 0.6) is 11.5 Å². The van der Waals surface area contributed by atoms with E-state index in [1.807, 2.05) is 18.2 Å². The van der Waals surface area contributed by atoms with Crippen molar-refractivity contribution in [3.8, 4) is 11.5 Å². The van der Waals surface area contributed by atoms with Crippen LogP contribution in [0.1, 0.15) is 47.1 Å². The third-order valence-corrected chi connectivity index (χ3v) is 2.57. The van der Waals surface area contributed by atoms with E-state index in [0.29, 0.717) is 24.0 Å². The zero-order valence-electron chi connectivity index (χ0n) is 13.4. The largest absolute Gasteiger partial charge is 0.489 e. The molecule has 0 saturated carbocycles. The summed E-state index contributed by atoms with van der Waals surface area (Å²) in [6.45, 7) is 12.8. The molecule has 1 rings (SSSR count). The number of rotatable bonds is 5. The lowest BCUT2D eigenvalue weighted by atomic mass is 9.88. The van der Waals surface area contributed by atoms with Gasteiger partial charge in [-0.3, -0.25) is 4.79 Å². The molecule has 1 aromatic carbocycles. The molecule has 0 N–H and O–H groups in total. The van der Waals surface area contributed by atoms with E-state index < -0.39 is 0 Å². The quantitative estimate of drug-likeness (QED) is 0.597. The molecule has 0 spiro atoms. The van der Waals surface area contributed by atoms with Crippen molar-refractivity contribution in [2.75, 3.05) is 6.61 Å². The number of carbonyl (C=O) groups is 1. The van der Waals surface area contributed by atoms with Crippen LogP contribution >= 0.6 is 0 Å². The summed E-state index contributed by atoms with van der Waals surface area (Å²) in [5.74, 6) is 1.24. The van der Waals surface area contributed by atoms with Gasteiger partial charge in [0.25, 0.3) is 0 Å². The van der Waals surface area contributed by atoms with E-state index in [0.717, 1.165) is 6.42 Å². The minimum absolute atomic E-state index is 0.207. The molecule has 0 fully saturated rings. The zero-order chi connectivity index (χ0) is 15.3. The Labute approximate surface area is 122 Å².